The van der Waals surface area contributed by atoms with Crippen molar-refractivity contribution in [3.63, 3.8) is 0 Å². The van der Waals surface area contributed by atoms with Crippen molar-refractivity contribution in [1.29, 1.82) is 0 Å². The second-order valence-electron chi connectivity index (χ2n) is 3.71. The number of nitrogens with two attached hydrogens (primary N) is 1. The summed E-state index contributed by atoms with van der Waals surface area (Å²) in [5.74, 6) is 0.233. The fraction of sp³-hybridized carbons (Fsp3) is 0.889. The van der Waals surface area contributed by atoms with E-state index < -0.39 is 0 Å². The normalized spacial score (nSPS) is 27.1. The van der Waals surface area contributed by atoms with E-state index in [4.69, 9.17) is 20.4 Å². The van der Waals surface area contributed by atoms with Crippen LogP contribution in [0.2, 0.25) is 0 Å². The van der Waals surface area contributed by atoms with E-state index in [1.807, 2.05) is 0 Å². The van der Waals surface area contributed by atoms with Crippen LogP contribution >= 0.6 is 0 Å². The SMILES string of the molecule is COC1(CNCCC(N)=NO)CCOC1. The van der Waals surface area contributed by atoms with Crippen LogP contribution in [0.25, 0.3) is 0 Å². The maximum absolute atomic E-state index is 8.33. The van der Waals surface area contributed by atoms with Gasteiger partial charge in [-0.1, -0.05) is 5.16 Å². The molecular formula is C9H19N3O3. The van der Waals surface area contributed by atoms with Crippen LogP contribution in [0.4, 0.5) is 0 Å². The first-order valence-electron chi connectivity index (χ1n) is 5.02. The number of hydrogen-bond acceptors (Lipinski definition) is 5. The van der Waals surface area contributed by atoms with Crippen LogP contribution in [0.1, 0.15) is 12.8 Å². The van der Waals surface area contributed by atoms with Gasteiger partial charge in [0.1, 0.15) is 11.4 Å². The lowest BCUT2D eigenvalue weighted by molar-refractivity contribution is -0.0154. The van der Waals surface area contributed by atoms with Gasteiger partial charge < -0.3 is 25.7 Å². The van der Waals surface area contributed by atoms with Crippen LogP contribution < -0.4 is 11.1 Å². The van der Waals surface area contributed by atoms with Gasteiger partial charge in [-0.05, 0) is 0 Å². The molecule has 6 nitrogen and oxygen atoms in total. The van der Waals surface area contributed by atoms with Gasteiger partial charge in [-0.2, -0.15) is 0 Å². The Morgan fingerprint density at radius 1 is 1.73 bits per heavy atom. The van der Waals surface area contributed by atoms with Crippen LogP contribution in [-0.2, 0) is 9.47 Å². The lowest BCUT2D eigenvalue weighted by atomic mass is 10.0. The highest BCUT2D eigenvalue weighted by Gasteiger charge is 2.34. The molecule has 0 bridgehead atoms. The molecule has 6 heteroatoms. The van der Waals surface area contributed by atoms with Crippen molar-refractivity contribution in [2.24, 2.45) is 10.9 Å². The summed E-state index contributed by atoms with van der Waals surface area (Å²) in [5, 5.41) is 14.4. The molecule has 0 aromatic heterocycles. The van der Waals surface area contributed by atoms with Gasteiger partial charge in [-0.15, -0.1) is 0 Å². The maximum Gasteiger partial charge on any atom is 0.140 e. The summed E-state index contributed by atoms with van der Waals surface area (Å²) in [6, 6.07) is 0. The highest BCUT2D eigenvalue weighted by atomic mass is 16.5. The molecule has 0 spiro atoms. The molecule has 1 rings (SSSR count). The zero-order valence-electron chi connectivity index (χ0n) is 9.03. The molecule has 1 saturated heterocycles. The predicted octanol–water partition coefficient (Wildman–Crippen LogP) is -0.482. The van der Waals surface area contributed by atoms with E-state index in [0.717, 1.165) is 19.6 Å². The summed E-state index contributed by atoms with van der Waals surface area (Å²) < 4.78 is 10.7. The molecule has 1 aliphatic rings. The van der Waals surface area contributed by atoms with E-state index >= 15 is 0 Å². The van der Waals surface area contributed by atoms with Crippen LogP contribution in [0.3, 0.4) is 0 Å². The summed E-state index contributed by atoms with van der Waals surface area (Å²) in [7, 11) is 1.69. The number of amidine groups is 1. The van der Waals surface area contributed by atoms with Gasteiger partial charge in [0.15, 0.2) is 0 Å². The summed E-state index contributed by atoms with van der Waals surface area (Å²) in [4.78, 5) is 0. The lowest BCUT2D eigenvalue weighted by Crippen LogP contribution is -2.43. The Kier molecular flexibility index (Phi) is 4.80. The first-order chi connectivity index (χ1) is 7.22. The van der Waals surface area contributed by atoms with Gasteiger partial charge in [-0.25, -0.2) is 0 Å². The Hall–Kier alpha value is -0.850. The standard InChI is InChI=1S/C9H19N3O3/c1-14-9(3-5-15-7-9)6-11-4-2-8(10)12-13/h11,13H,2-7H2,1H3,(H2,10,12). The minimum Gasteiger partial charge on any atom is -0.409 e. The van der Waals surface area contributed by atoms with Crippen molar-refractivity contribution < 1.29 is 14.7 Å². The van der Waals surface area contributed by atoms with Gasteiger partial charge in [0.2, 0.25) is 0 Å². The van der Waals surface area contributed by atoms with Crippen LogP contribution in [0.15, 0.2) is 5.16 Å². The van der Waals surface area contributed by atoms with Crippen molar-refractivity contribution in [2.75, 3.05) is 33.4 Å². The molecule has 15 heavy (non-hydrogen) atoms. The van der Waals surface area contributed by atoms with Crippen LogP contribution in [0.5, 0.6) is 0 Å². The van der Waals surface area contributed by atoms with Crippen molar-refractivity contribution in [3.05, 3.63) is 0 Å². The zero-order valence-corrected chi connectivity index (χ0v) is 9.03. The van der Waals surface area contributed by atoms with Gasteiger partial charge >= 0.3 is 0 Å². The van der Waals surface area contributed by atoms with Gasteiger partial charge in [-0.3, -0.25) is 0 Å². The molecule has 1 atom stereocenters. The monoisotopic (exact) mass is 217 g/mol. The molecular weight excluding hydrogens is 198 g/mol. The number of rotatable bonds is 6. The van der Waals surface area contributed by atoms with E-state index in [9.17, 15) is 0 Å². The first kappa shape index (κ1) is 12.2. The minimum absolute atomic E-state index is 0.203. The van der Waals surface area contributed by atoms with Crippen LogP contribution in [0, 0.1) is 0 Å². The molecule has 0 amide bonds. The topological polar surface area (TPSA) is 89.1 Å². The molecule has 1 fully saturated rings. The fourth-order valence-electron chi connectivity index (χ4n) is 1.54. The second-order valence-corrected chi connectivity index (χ2v) is 3.71. The molecule has 1 aliphatic heterocycles. The zero-order chi connectivity index (χ0) is 11.1. The summed E-state index contributed by atoms with van der Waals surface area (Å²) >= 11 is 0. The third kappa shape index (κ3) is 3.65. The minimum atomic E-state index is -0.203. The molecule has 0 saturated carbocycles. The molecule has 0 aromatic carbocycles. The Morgan fingerprint density at radius 3 is 3.07 bits per heavy atom. The molecule has 0 aliphatic carbocycles. The molecule has 0 radical (unpaired) electrons. The number of hydrogen-bond donors (Lipinski definition) is 3. The highest BCUT2D eigenvalue weighted by Crippen LogP contribution is 2.21. The van der Waals surface area contributed by atoms with Gasteiger partial charge in [0.05, 0.1) is 6.61 Å². The van der Waals surface area contributed by atoms with Crippen LogP contribution in [-0.4, -0.2) is 50.1 Å². The van der Waals surface area contributed by atoms with Gasteiger partial charge in [0.25, 0.3) is 0 Å². The summed E-state index contributed by atoms with van der Waals surface area (Å²) in [5.41, 5.74) is 5.13. The maximum atomic E-state index is 8.33. The number of nitrogens with zero attached hydrogens (tertiary/aromatic N) is 1. The smallest absolute Gasteiger partial charge is 0.140 e. The third-order valence-electron chi connectivity index (χ3n) is 2.63. The van der Waals surface area contributed by atoms with E-state index in [0.29, 0.717) is 19.6 Å². The van der Waals surface area contributed by atoms with E-state index in [2.05, 4.69) is 10.5 Å². The van der Waals surface area contributed by atoms with E-state index in [1.54, 1.807) is 7.11 Å². The molecule has 4 N–H and O–H groups in total. The molecule has 0 aromatic rings. The molecule has 1 heterocycles. The summed E-state index contributed by atoms with van der Waals surface area (Å²) in [6.45, 7) is 2.76. The number of ether oxygens (including phenoxy) is 2. The number of methoxy groups -OCH3 is 1. The van der Waals surface area contributed by atoms with E-state index in [-0.39, 0.29) is 11.4 Å². The average Bonchev–Trinajstić information content (AvgIpc) is 2.73. The quantitative estimate of drug-likeness (QED) is 0.184. The van der Waals surface area contributed by atoms with Gasteiger partial charge in [0, 0.05) is 39.6 Å². The average molecular weight is 217 g/mol. The van der Waals surface area contributed by atoms with Crippen molar-refractivity contribution in [3.8, 4) is 0 Å². The Bertz CT molecular complexity index is 215. The Labute approximate surface area is 89.4 Å². The first-order valence-corrected chi connectivity index (χ1v) is 5.02. The Balaban J connectivity index is 2.18. The lowest BCUT2D eigenvalue weighted by Gasteiger charge is -2.25. The fourth-order valence-corrected chi connectivity index (χ4v) is 1.54. The molecule has 88 valence electrons. The molecule has 1 unspecified atom stereocenters. The van der Waals surface area contributed by atoms with Crippen molar-refractivity contribution in [2.45, 2.75) is 18.4 Å². The van der Waals surface area contributed by atoms with Crippen molar-refractivity contribution >= 4 is 5.84 Å². The van der Waals surface area contributed by atoms with E-state index in [1.165, 1.54) is 0 Å². The highest BCUT2D eigenvalue weighted by molar-refractivity contribution is 5.79. The third-order valence-corrected chi connectivity index (χ3v) is 2.63. The summed E-state index contributed by atoms with van der Waals surface area (Å²) in [6.07, 6.45) is 1.43. The number of oxime groups is 1. The van der Waals surface area contributed by atoms with Crippen molar-refractivity contribution in [1.82, 2.24) is 5.32 Å². The Morgan fingerprint density at radius 2 is 2.53 bits per heavy atom. The second kappa shape index (κ2) is 5.89. The largest absolute Gasteiger partial charge is 0.409 e. The predicted molar refractivity (Wildman–Crippen MR) is 56.1 cm³/mol. The number of nitrogens with one attached hydrogen (secondary N) is 1.